The first-order valence-electron chi connectivity index (χ1n) is 7.38. The van der Waals surface area contributed by atoms with E-state index in [1.165, 1.54) is 0 Å². The molecule has 118 valence electrons. The standard InChI is InChI=1S/C13H25N7O/c1-19(2)6-4-3-5-15-12-16-11(14)17-13(18-12)20-7-9-21-10-8-20/h3-10H2,1-2H3,(H3,14,15,16,17,18). The highest BCUT2D eigenvalue weighted by atomic mass is 16.5. The maximum atomic E-state index is 5.77. The van der Waals surface area contributed by atoms with Crippen LogP contribution in [0.25, 0.3) is 0 Å². The molecule has 1 saturated heterocycles. The SMILES string of the molecule is CN(C)CCCCNc1nc(N)nc(N2CCOCC2)n1. The van der Waals surface area contributed by atoms with E-state index in [4.69, 9.17) is 10.5 Å². The third-order valence-electron chi connectivity index (χ3n) is 3.25. The molecule has 8 heteroatoms. The highest BCUT2D eigenvalue weighted by Gasteiger charge is 2.15. The van der Waals surface area contributed by atoms with E-state index in [1.54, 1.807) is 0 Å². The molecule has 0 amide bonds. The van der Waals surface area contributed by atoms with Gasteiger partial charge in [-0.15, -0.1) is 0 Å². The van der Waals surface area contributed by atoms with E-state index in [-0.39, 0.29) is 5.95 Å². The van der Waals surface area contributed by atoms with Gasteiger partial charge in [0, 0.05) is 19.6 Å². The summed E-state index contributed by atoms with van der Waals surface area (Å²) in [7, 11) is 4.16. The fourth-order valence-corrected chi connectivity index (χ4v) is 2.12. The van der Waals surface area contributed by atoms with Crippen molar-refractivity contribution in [2.24, 2.45) is 0 Å². The molecule has 1 aliphatic rings. The Labute approximate surface area is 125 Å². The average Bonchev–Trinajstić information content (AvgIpc) is 2.47. The van der Waals surface area contributed by atoms with Gasteiger partial charge in [0.25, 0.3) is 0 Å². The summed E-state index contributed by atoms with van der Waals surface area (Å²) in [6.07, 6.45) is 2.20. The van der Waals surface area contributed by atoms with E-state index in [2.05, 4.69) is 44.2 Å². The maximum Gasteiger partial charge on any atom is 0.232 e. The van der Waals surface area contributed by atoms with Crippen molar-refractivity contribution in [3.63, 3.8) is 0 Å². The number of nitrogens with one attached hydrogen (secondary N) is 1. The Morgan fingerprint density at radius 1 is 1.19 bits per heavy atom. The second-order valence-electron chi connectivity index (χ2n) is 5.35. The number of hydrogen-bond donors (Lipinski definition) is 2. The van der Waals surface area contributed by atoms with Crippen molar-refractivity contribution >= 4 is 17.8 Å². The van der Waals surface area contributed by atoms with Gasteiger partial charge in [-0.3, -0.25) is 0 Å². The van der Waals surface area contributed by atoms with Gasteiger partial charge in [-0.1, -0.05) is 0 Å². The maximum absolute atomic E-state index is 5.77. The summed E-state index contributed by atoms with van der Waals surface area (Å²) >= 11 is 0. The molecule has 0 saturated carbocycles. The van der Waals surface area contributed by atoms with Crippen molar-refractivity contribution in [1.29, 1.82) is 0 Å². The molecule has 0 aromatic carbocycles. The summed E-state index contributed by atoms with van der Waals surface area (Å²) in [5, 5.41) is 3.22. The lowest BCUT2D eigenvalue weighted by molar-refractivity contribution is 0.122. The lowest BCUT2D eigenvalue weighted by Gasteiger charge is -2.26. The number of nitrogen functional groups attached to an aromatic ring is 1. The summed E-state index contributed by atoms with van der Waals surface area (Å²) in [6, 6.07) is 0. The van der Waals surface area contributed by atoms with Crippen LogP contribution in [0.1, 0.15) is 12.8 Å². The number of rotatable bonds is 7. The lowest BCUT2D eigenvalue weighted by Crippen LogP contribution is -2.37. The van der Waals surface area contributed by atoms with E-state index >= 15 is 0 Å². The average molecular weight is 295 g/mol. The van der Waals surface area contributed by atoms with Crippen molar-refractivity contribution in [3.8, 4) is 0 Å². The Hall–Kier alpha value is -1.67. The fourth-order valence-electron chi connectivity index (χ4n) is 2.12. The van der Waals surface area contributed by atoms with Crippen LogP contribution in [0.2, 0.25) is 0 Å². The lowest BCUT2D eigenvalue weighted by atomic mass is 10.3. The number of aromatic nitrogens is 3. The van der Waals surface area contributed by atoms with Crippen molar-refractivity contribution in [2.75, 3.05) is 69.4 Å². The molecule has 0 aliphatic carbocycles. The molecule has 8 nitrogen and oxygen atoms in total. The summed E-state index contributed by atoms with van der Waals surface area (Å²) in [6.45, 7) is 4.87. The minimum absolute atomic E-state index is 0.252. The molecule has 3 N–H and O–H groups in total. The molecule has 0 bridgehead atoms. The molecule has 0 radical (unpaired) electrons. The summed E-state index contributed by atoms with van der Waals surface area (Å²) in [4.78, 5) is 17.0. The van der Waals surface area contributed by atoms with Crippen molar-refractivity contribution < 1.29 is 4.74 Å². The van der Waals surface area contributed by atoms with Crippen LogP contribution in [0, 0.1) is 0 Å². The van der Waals surface area contributed by atoms with Crippen LogP contribution in [-0.4, -0.2) is 73.3 Å². The normalized spacial score (nSPS) is 15.5. The molecule has 0 unspecified atom stereocenters. The van der Waals surface area contributed by atoms with Gasteiger partial charge in [-0.2, -0.15) is 15.0 Å². The molecule has 1 aromatic rings. The predicted octanol–water partition coefficient (Wildman–Crippen LogP) is 0.0441. The second-order valence-corrected chi connectivity index (χ2v) is 5.35. The fraction of sp³-hybridized carbons (Fsp3) is 0.769. The molecular formula is C13H25N7O. The zero-order valence-electron chi connectivity index (χ0n) is 12.9. The molecule has 0 atom stereocenters. The monoisotopic (exact) mass is 295 g/mol. The van der Waals surface area contributed by atoms with Gasteiger partial charge in [0.15, 0.2) is 0 Å². The minimum atomic E-state index is 0.252. The van der Waals surface area contributed by atoms with Crippen LogP contribution in [0.5, 0.6) is 0 Å². The molecule has 1 fully saturated rings. The Balaban J connectivity index is 1.86. The third kappa shape index (κ3) is 5.31. The Morgan fingerprint density at radius 2 is 1.95 bits per heavy atom. The quantitative estimate of drug-likeness (QED) is 0.681. The Morgan fingerprint density at radius 3 is 2.67 bits per heavy atom. The van der Waals surface area contributed by atoms with Crippen molar-refractivity contribution in [1.82, 2.24) is 19.9 Å². The smallest absolute Gasteiger partial charge is 0.232 e. The van der Waals surface area contributed by atoms with Crippen LogP contribution < -0.4 is 16.0 Å². The summed E-state index contributed by atoms with van der Waals surface area (Å²) in [5.74, 6) is 1.43. The van der Waals surface area contributed by atoms with E-state index in [0.717, 1.165) is 39.0 Å². The van der Waals surface area contributed by atoms with Crippen LogP contribution in [0.4, 0.5) is 17.8 Å². The first kappa shape index (κ1) is 15.7. The minimum Gasteiger partial charge on any atom is -0.378 e. The first-order valence-corrected chi connectivity index (χ1v) is 7.38. The molecule has 1 aliphatic heterocycles. The third-order valence-corrected chi connectivity index (χ3v) is 3.25. The number of unbranched alkanes of at least 4 members (excludes halogenated alkanes) is 1. The van der Waals surface area contributed by atoms with Crippen LogP contribution >= 0.6 is 0 Å². The number of nitrogens with two attached hydrogens (primary N) is 1. The highest BCUT2D eigenvalue weighted by molar-refractivity contribution is 5.42. The van der Waals surface area contributed by atoms with E-state index in [0.29, 0.717) is 25.1 Å². The molecular weight excluding hydrogens is 270 g/mol. The number of nitrogens with zero attached hydrogens (tertiary/aromatic N) is 5. The van der Waals surface area contributed by atoms with Gasteiger partial charge < -0.3 is 25.6 Å². The summed E-state index contributed by atoms with van der Waals surface area (Å²) in [5.41, 5.74) is 5.77. The zero-order chi connectivity index (χ0) is 15.1. The Kier molecular flexibility index (Phi) is 5.94. The van der Waals surface area contributed by atoms with Gasteiger partial charge in [0.1, 0.15) is 0 Å². The van der Waals surface area contributed by atoms with Crippen molar-refractivity contribution in [2.45, 2.75) is 12.8 Å². The van der Waals surface area contributed by atoms with Gasteiger partial charge in [0.05, 0.1) is 13.2 Å². The first-order chi connectivity index (χ1) is 10.1. The number of anilines is 3. The topological polar surface area (TPSA) is 92.4 Å². The van der Waals surface area contributed by atoms with Gasteiger partial charge >= 0.3 is 0 Å². The second kappa shape index (κ2) is 7.94. The van der Waals surface area contributed by atoms with Crippen LogP contribution in [-0.2, 0) is 4.74 Å². The van der Waals surface area contributed by atoms with E-state index < -0.39 is 0 Å². The number of ether oxygens (including phenoxy) is 1. The molecule has 1 aromatic heterocycles. The van der Waals surface area contributed by atoms with Gasteiger partial charge in [-0.25, -0.2) is 0 Å². The summed E-state index contributed by atoms with van der Waals surface area (Å²) < 4.78 is 5.33. The van der Waals surface area contributed by atoms with Crippen molar-refractivity contribution in [3.05, 3.63) is 0 Å². The number of morpholine rings is 1. The largest absolute Gasteiger partial charge is 0.378 e. The highest BCUT2D eigenvalue weighted by Crippen LogP contribution is 2.13. The number of hydrogen-bond acceptors (Lipinski definition) is 8. The molecule has 2 heterocycles. The molecule has 2 rings (SSSR count). The predicted molar refractivity (Wildman–Crippen MR) is 83.5 cm³/mol. The molecule has 0 spiro atoms. The zero-order valence-corrected chi connectivity index (χ0v) is 12.9. The van der Waals surface area contributed by atoms with E-state index in [1.807, 2.05) is 0 Å². The van der Waals surface area contributed by atoms with Crippen LogP contribution in [0.3, 0.4) is 0 Å². The van der Waals surface area contributed by atoms with Gasteiger partial charge in [-0.05, 0) is 33.5 Å². The molecule has 21 heavy (non-hydrogen) atoms. The van der Waals surface area contributed by atoms with E-state index in [9.17, 15) is 0 Å². The van der Waals surface area contributed by atoms with Crippen LogP contribution in [0.15, 0.2) is 0 Å². The Bertz CT molecular complexity index is 435. The van der Waals surface area contributed by atoms with Gasteiger partial charge in [0.2, 0.25) is 17.8 Å².